The van der Waals surface area contributed by atoms with E-state index in [4.69, 9.17) is 20.9 Å². The molecule has 286 valence electrons. The number of nitrogen functional groups attached to an aromatic ring is 2. The van der Waals surface area contributed by atoms with E-state index in [-0.39, 0.29) is 40.4 Å². The normalized spacial score (nSPS) is 29.9. The number of fused-ring (bicyclic) bond motifs is 2. The van der Waals surface area contributed by atoms with Crippen LogP contribution in [0.2, 0.25) is 0 Å². The predicted octanol–water partition coefficient (Wildman–Crippen LogP) is -1.42. The zero-order chi connectivity index (χ0) is 37.8. The lowest BCUT2D eigenvalue weighted by molar-refractivity contribution is -0.0503. The van der Waals surface area contributed by atoms with Crippen molar-refractivity contribution < 1.29 is 84.6 Å². The molecule has 11 atom stereocenters. The van der Waals surface area contributed by atoms with E-state index >= 15 is 0 Å². The molecule has 6 rings (SSSR count). The standard InChI is InChI=1S/C20H28N10O18P4/c21-16-12-18(25-4-23-16)29(6-27-12)11-1-8(31)9(44-11)2-42-49(34,35)46-51(38,39)48-52(40,41)47-50(36,37)43-3-10-14(32)15(33)20(45-10)30-7-28-13-17(22)24-5-26-19(13)30/h4-11,14-15,20,31-33H,1-3H2,(H,34,35)(H,36,37)(H,38,39)(H,40,41)(H2,21,23,25)(H2,22,24,26)/t8?,9-,10-,11-,14+,15?,20-/m1/s1. The van der Waals surface area contributed by atoms with E-state index in [9.17, 15) is 53.2 Å². The van der Waals surface area contributed by atoms with Gasteiger partial charge in [0.2, 0.25) is 0 Å². The highest BCUT2D eigenvalue weighted by molar-refractivity contribution is 7.69. The van der Waals surface area contributed by atoms with E-state index in [0.717, 1.165) is 19.0 Å². The van der Waals surface area contributed by atoms with Crippen LogP contribution in [0.1, 0.15) is 18.9 Å². The van der Waals surface area contributed by atoms with Crippen LogP contribution in [-0.4, -0.2) is 118 Å². The molecule has 0 aliphatic carbocycles. The Balaban J connectivity index is 1.00. The molecule has 0 amide bonds. The zero-order valence-corrected chi connectivity index (χ0v) is 29.2. The van der Waals surface area contributed by atoms with Crippen molar-refractivity contribution in [3.05, 3.63) is 25.3 Å². The maximum absolute atomic E-state index is 12.4. The van der Waals surface area contributed by atoms with E-state index in [1.54, 1.807) is 0 Å². The second-order valence-electron chi connectivity index (χ2n) is 10.9. The molecule has 0 bridgehead atoms. The summed E-state index contributed by atoms with van der Waals surface area (Å²) in [5, 5.41) is 31.3. The summed E-state index contributed by atoms with van der Waals surface area (Å²) in [6.07, 6.45) is -5.44. The molecule has 2 aliphatic rings. The summed E-state index contributed by atoms with van der Waals surface area (Å²) >= 11 is 0. The number of ether oxygens (including phenoxy) is 2. The van der Waals surface area contributed by atoms with Gasteiger partial charge in [-0.1, -0.05) is 0 Å². The number of aliphatic hydroxyl groups is 3. The summed E-state index contributed by atoms with van der Waals surface area (Å²) in [5.41, 5.74) is 12.2. The predicted molar refractivity (Wildman–Crippen MR) is 164 cm³/mol. The molecule has 0 saturated carbocycles. The van der Waals surface area contributed by atoms with Gasteiger partial charge in [0.1, 0.15) is 54.3 Å². The maximum atomic E-state index is 12.4. The van der Waals surface area contributed by atoms with Gasteiger partial charge in [-0.25, -0.2) is 48.2 Å². The van der Waals surface area contributed by atoms with Crippen molar-refractivity contribution >= 4 is 65.3 Å². The van der Waals surface area contributed by atoms with Crippen molar-refractivity contribution in [1.29, 1.82) is 0 Å². The molecule has 11 N–H and O–H groups in total. The topological polar surface area (TPSA) is 414 Å². The van der Waals surface area contributed by atoms with Crippen LogP contribution in [0.5, 0.6) is 0 Å². The molecule has 4 aromatic rings. The Bertz CT molecular complexity index is 2160. The van der Waals surface area contributed by atoms with Crippen LogP contribution < -0.4 is 11.5 Å². The van der Waals surface area contributed by atoms with E-state index in [2.05, 4.69) is 51.9 Å². The first-order valence-electron chi connectivity index (χ1n) is 14.2. The third-order valence-electron chi connectivity index (χ3n) is 7.32. The molecular weight excluding hydrogens is 792 g/mol. The van der Waals surface area contributed by atoms with E-state index in [0.29, 0.717) is 0 Å². The van der Waals surface area contributed by atoms with E-state index in [1.807, 2.05) is 0 Å². The molecule has 52 heavy (non-hydrogen) atoms. The molecule has 2 aliphatic heterocycles. The van der Waals surface area contributed by atoms with E-state index < -0.39 is 87.5 Å². The first-order valence-corrected chi connectivity index (χ1v) is 20.2. The number of nitrogens with two attached hydrogens (primary N) is 2. The summed E-state index contributed by atoms with van der Waals surface area (Å²) < 4.78 is 83.9. The lowest BCUT2D eigenvalue weighted by Gasteiger charge is -2.21. The summed E-state index contributed by atoms with van der Waals surface area (Å²) in [4.78, 5) is 63.2. The lowest BCUT2D eigenvalue weighted by Crippen LogP contribution is -2.33. The Hall–Kier alpha value is -2.94. The molecule has 6 unspecified atom stereocenters. The van der Waals surface area contributed by atoms with Gasteiger partial charge >= 0.3 is 31.3 Å². The van der Waals surface area contributed by atoms with Crippen molar-refractivity contribution in [2.45, 2.75) is 49.4 Å². The Kier molecular flexibility index (Phi) is 10.7. The minimum absolute atomic E-state index is 0.00564. The first-order chi connectivity index (χ1) is 24.2. The highest BCUT2D eigenvalue weighted by Gasteiger charge is 2.49. The van der Waals surface area contributed by atoms with Crippen LogP contribution in [0.15, 0.2) is 25.3 Å². The number of phosphoric ester groups is 2. The number of imidazole rings is 2. The molecule has 0 aromatic carbocycles. The highest BCUT2D eigenvalue weighted by atomic mass is 31.3. The second kappa shape index (κ2) is 14.4. The summed E-state index contributed by atoms with van der Waals surface area (Å²) in [6.45, 7) is -2.03. The number of aromatic nitrogens is 8. The number of aliphatic hydroxyl groups excluding tert-OH is 3. The lowest BCUT2D eigenvalue weighted by atomic mass is 10.1. The summed E-state index contributed by atoms with van der Waals surface area (Å²) in [6, 6.07) is 0. The van der Waals surface area contributed by atoms with Gasteiger partial charge in [-0.2, -0.15) is 12.9 Å². The largest absolute Gasteiger partial charge is 0.490 e. The van der Waals surface area contributed by atoms with Crippen LogP contribution in [0, 0.1) is 0 Å². The summed E-state index contributed by atoms with van der Waals surface area (Å²) in [7, 11) is -23.7. The Morgan fingerprint density at radius 2 is 1.15 bits per heavy atom. The van der Waals surface area contributed by atoms with Gasteiger partial charge in [0.25, 0.3) is 0 Å². The van der Waals surface area contributed by atoms with E-state index in [1.165, 1.54) is 15.5 Å². The molecular formula is C20H28N10O18P4. The fourth-order valence-electron chi connectivity index (χ4n) is 5.07. The van der Waals surface area contributed by atoms with Crippen LogP contribution in [0.25, 0.3) is 22.3 Å². The molecule has 6 heterocycles. The Labute approximate surface area is 288 Å². The number of rotatable bonds is 14. The Morgan fingerprint density at radius 1 is 0.673 bits per heavy atom. The van der Waals surface area contributed by atoms with Crippen LogP contribution >= 0.6 is 31.3 Å². The third-order valence-corrected chi connectivity index (χ3v) is 13.2. The molecule has 4 aromatic heterocycles. The van der Waals surface area contributed by atoms with Gasteiger partial charge in [0.15, 0.2) is 29.2 Å². The maximum Gasteiger partial charge on any atom is 0.490 e. The van der Waals surface area contributed by atoms with Crippen molar-refractivity contribution in [3.8, 4) is 0 Å². The number of phosphoric acid groups is 4. The Morgan fingerprint density at radius 3 is 1.71 bits per heavy atom. The molecule has 0 spiro atoms. The molecule has 2 fully saturated rings. The van der Waals surface area contributed by atoms with Crippen molar-refractivity contribution in [2.75, 3.05) is 24.7 Å². The van der Waals surface area contributed by atoms with Gasteiger partial charge in [-0.05, 0) is 0 Å². The van der Waals surface area contributed by atoms with Gasteiger partial charge < -0.3 is 55.8 Å². The van der Waals surface area contributed by atoms with Crippen molar-refractivity contribution in [2.24, 2.45) is 0 Å². The summed E-state index contributed by atoms with van der Waals surface area (Å²) in [5.74, 6) is 0.0639. The van der Waals surface area contributed by atoms with Crippen molar-refractivity contribution in [3.63, 3.8) is 0 Å². The average Bonchev–Trinajstić information content (AvgIpc) is 3.80. The number of hydrogen-bond donors (Lipinski definition) is 9. The SMILES string of the molecule is Nc1ncnc2c1ncn2[C@@H]1O[C@H](COP(=O)(O)OP(=O)(O)OP(=O)(O)OP(=O)(O)OC[C@H]2O[C@@H](n3cnc4c(N)ncnc43)CC2O)[C@H](O)C1O. The third kappa shape index (κ3) is 8.39. The number of nitrogens with zero attached hydrogens (tertiary/aromatic N) is 8. The fraction of sp³-hybridized carbons (Fsp3) is 0.500. The second-order valence-corrected chi connectivity index (χ2v) is 17.1. The monoisotopic (exact) mass is 820 g/mol. The van der Waals surface area contributed by atoms with Gasteiger partial charge in [-0.3, -0.25) is 18.2 Å². The first kappa shape index (κ1) is 38.8. The molecule has 0 radical (unpaired) electrons. The van der Waals surface area contributed by atoms with Gasteiger partial charge in [0, 0.05) is 6.42 Å². The van der Waals surface area contributed by atoms with Crippen LogP contribution in [0.4, 0.5) is 11.6 Å². The average molecular weight is 820 g/mol. The highest BCUT2D eigenvalue weighted by Crippen LogP contribution is 2.71. The smallest absolute Gasteiger partial charge is 0.390 e. The quantitative estimate of drug-likeness (QED) is 0.0659. The van der Waals surface area contributed by atoms with Crippen LogP contribution in [0.3, 0.4) is 0 Å². The minimum atomic E-state index is -6.15. The number of anilines is 2. The fourth-order valence-corrected chi connectivity index (χ4v) is 10.0. The molecule has 28 nitrogen and oxygen atoms in total. The van der Waals surface area contributed by atoms with Crippen molar-refractivity contribution in [1.82, 2.24) is 39.0 Å². The van der Waals surface area contributed by atoms with Crippen LogP contribution in [-0.2, 0) is 49.7 Å². The molecule has 32 heteroatoms. The van der Waals surface area contributed by atoms with Gasteiger partial charge in [-0.15, -0.1) is 0 Å². The number of hydrogen-bond acceptors (Lipinski definition) is 22. The van der Waals surface area contributed by atoms with Gasteiger partial charge in [0.05, 0.1) is 32.0 Å². The molecule has 2 saturated heterocycles. The minimum Gasteiger partial charge on any atom is -0.390 e. The zero-order valence-electron chi connectivity index (χ0n) is 25.6.